The van der Waals surface area contributed by atoms with Gasteiger partial charge in [-0.25, -0.2) is 8.42 Å². The predicted molar refractivity (Wildman–Crippen MR) is 120 cm³/mol. The zero-order valence-corrected chi connectivity index (χ0v) is 20.1. The van der Waals surface area contributed by atoms with Crippen LogP contribution in [-0.4, -0.2) is 14.8 Å². The van der Waals surface area contributed by atoms with E-state index in [2.05, 4.69) is 19.5 Å². The summed E-state index contributed by atoms with van der Waals surface area (Å²) in [5, 5.41) is -0.889. The summed E-state index contributed by atoms with van der Waals surface area (Å²) in [6.45, 7) is 0. The van der Waals surface area contributed by atoms with Gasteiger partial charge in [-0.05, 0) is 57.9 Å². The third-order valence-corrected chi connectivity index (χ3v) is 7.27. The maximum absolute atomic E-state index is 13.3. The van der Waals surface area contributed by atoms with Gasteiger partial charge in [-0.2, -0.15) is 26.3 Å². The fraction of sp³-hybridized carbons (Fsp3) is 0.130. The second kappa shape index (κ2) is 8.79. The van der Waals surface area contributed by atoms with E-state index in [1.54, 1.807) is 0 Å². The van der Waals surface area contributed by atoms with Gasteiger partial charge in [-0.15, -0.1) is 13.2 Å². The van der Waals surface area contributed by atoms with Crippen molar-refractivity contribution in [2.75, 3.05) is 0 Å². The molecule has 0 fully saturated rings. The van der Waals surface area contributed by atoms with Crippen LogP contribution in [0.15, 0.2) is 65.6 Å². The molecule has 37 heavy (non-hydrogen) atoms. The first kappa shape index (κ1) is 27.0. The van der Waals surface area contributed by atoms with Crippen LogP contribution in [0, 0.1) is 0 Å². The third-order valence-electron chi connectivity index (χ3n) is 5.36. The van der Waals surface area contributed by atoms with Gasteiger partial charge in [-0.3, -0.25) is 0 Å². The SMILES string of the molecule is O=S(=O)(Br)c1ccc2cc(C(F)(F)F)ccc2c1-c1c(OC(F)(F)F)ccc2cc(C(F)(F)F)ccc12. The molecule has 0 spiro atoms. The monoisotopic (exact) mass is 616 g/mol. The first-order chi connectivity index (χ1) is 16.9. The van der Waals surface area contributed by atoms with Crippen molar-refractivity contribution in [2.24, 2.45) is 0 Å². The molecule has 0 N–H and O–H groups in total. The topological polar surface area (TPSA) is 43.4 Å². The van der Waals surface area contributed by atoms with Crippen molar-refractivity contribution in [3.05, 3.63) is 71.8 Å². The van der Waals surface area contributed by atoms with Gasteiger partial charge in [0.25, 0.3) is 0 Å². The first-order valence-corrected chi connectivity index (χ1v) is 13.2. The highest BCUT2D eigenvalue weighted by molar-refractivity contribution is 9.47. The van der Waals surface area contributed by atoms with Gasteiger partial charge in [0.05, 0.1) is 30.8 Å². The molecule has 3 nitrogen and oxygen atoms in total. The number of alkyl halides is 9. The van der Waals surface area contributed by atoms with E-state index in [0.29, 0.717) is 30.3 Å². The Morgan fingerprint density at radius 1 is 0.622 bits per heavy atom. The molecular formula is C23H10BrF9O3S. The molecule has 0 aliphatic rings. The molecule has 0 bridgehead atoms. The van der Waals surface area contributed by atoms with E-state index < -0.39 is 59.9 Å². The minimum absolute atomic E-state index is 0.188. The van der Waals surface area contributed by atoms with Crippen molar-refractivity contribution in [1.82, 2.24) is 0 Å². The van der Waals surface area contributed by atoms with E-state index in [1.807, 2.05) is 0 Å². The van der Waals surface area contributed by atoms with E-state index in [1.165, 1.54) is 0 Å². The Labute approximate surface area is 209 Å². The molecule has 14 heteroatoms. The Morgan fingerprint density at radius 2 is 1.08 bits per heavy atom. The first-order valence-electron chi connectivity index (χ1n) is 9.85. The fourth-order valence-electron chi connectivity index (χ4n) is 3.90. The Bertz CT molecular complexity index is 1640. The van der Waals surface area contributed by atoms with E-state index in [0.717, 1.165) is 30.3 Å². The Balaban J connectivity index is 2.20. The Kier molecular flexibility index (Phi) is 6.43. The number of rotatable bonds is 3. The lowest BCUT2D eigenvalue weighted by atomic mass is 9.91. The molecule has 4 aromatic rings. The highest BCUT2D eigenvalue weighted by atomic mass is 79.9. The molecule has 0 atom stereocenters. The molecule has 0 aromatic heterocycles. The van der Waals surface area contributed by atoms with Crippen LogP contribution in [0.2, 0.25) is 0 Å². The molecule has 0 amide bonds. The lowest BCUT2D eigenvalue weighted by Crippen LogP contribution is -2.18. The number of hydrogen-bond donors (Lipinski definition) is 0. The normalized spacial score (nSPS) is 13.4. The maximum atomic E-state index is 13.3. The summed E-state index contributed by atoms with van der Waals surface area (Å²) in [5.41, 5.74) is -3.31. The average molecular weight is 617 g/mol. The molecule has 0 saturated heterocycles. The highest BCUT2D eigenvalue weighted by Gasteiger charge is 2.36. The van der Waals surface area contributed by atoms with Crippen LogP contribution in [0.25, 0.3) is 32.7 Å². The minimum atomic E-state index is -5.30. The predicted octanol–water partition coefficient (Wildman–Crippen LogP) is 8.68. The molecular weight excluding hydrogens is 607 g/mol. The second-order valence-corrected chi connectivity index (χ2v) is 11.6. The standard InChI is InChI=1S/C23H10BrF9O3S/c24-37(34,35)18-8-2-12-10-14(22(28,29)30)4-6-16(12)20(18)19-15-5-3-13(21(25,26)27)9-11(15)1-7-17(19)36-23(31,32)33/h1-10H. The molecule has 0 heterocycles. The number of halogens is 10. The molecule has 0 aliphatic carbocycles. The second-order valence-electron chi connectivity index (χ2n) is 7.73. The van der Waals surface area contributed by atoms with Crippen LogP contribution in [0.3, 0.4) is 0 Å². The largest absolute Gasteiger partial charge is 0.573 e. The number of fused-ring (bicyclic) bond motifs is 2. The van der Waals surface area contributed by atoms with Gasteiger partial charge in [-0.1, -0.05) is 24.3 Å². The van der Waals surface area contributed by atoms with Crippen LogP contribution >= 0.6 is 14.8 Å². The Morgan fingerprint density at radius 3 is 1.51 bits per heavy atom. The van der Waals surface area contributed by atoms with Gasteiger partial charge in [0.1, 0.15) is 5.75 Å². The quantitative estimate of drug-likeness (QED) is 0.171. The van der Waals surface area contributed by atoms with E-state index in [9.17, 15) is 47.9 Å². The Hall–Kier alpha value is -3.00. The summed E-state index contributed by atoms with van der Waals surface area (Å²) in [7, 11) is -4.40. The van der Waals surface area contributed by atoms with Crippen LogP contribution in [-0.2, 0) is 20.6 Å². The van der Waals surface area contributed by atoms with Crippen molar-refractivity contribution in [3.63, 3.8) is 0 Å². The summed E-state index contributed by atoms with van der Waals surface area (Å²) >= 11 is 2.43. The lowest BCUT2D eigenvalue weighted by Gasteiger charge is -2.20. The van der Waals surface area contributed by atoms with Gasteiger partial charge in [0.2, 0.25) is 8.27 Å². The lowest BCUT2D eigenvalue weighted by molar-refractivity contribution is -0.274. The van der Waals surface area contributed by atoms with E-state index in [4.69, 9.17) is 0 Å². The van der Waals surface area contributed by atoms with Gasteiger partial charge in [0.15, 0.2) is 0 Å². The van der Waals surface area contributed by atoms with Crippen molar-refractivity contribution in [2.45, 2.75) is 23.6 Å². The van der Waals surface area contributed by atoms with Crippen LogP contribution in [0.1, 0.15) is 11.1 Å². The summed E-state index contributed by atoms with van der Waals surface area (Å²) in [6.07, 6.45) is -14.9. The molecule has 0 aliphatic heterocycles. The number of benzene rings is 4. The smallest absolute Gasteiger partial charge is 0.405 e. The summed E-state index contributed by atoms with van der Waals surface area (Å²) in [4.78, 5) is -0.640. The molecule has 0 unspecified atom stereocenters. The molecule has 196 valence electrons. The van der Waals surface area contributed by atoms with E-state index in [-0.39, 0.29) is 21.5 Å². The fourth-order valence-corrected chi connectivity index (χ4v) is 5.40. The van der Waals surface area contributed by atoms with Crippen molar-refractivity contribution in [1.29, 1.82) is 0 Å². The van der Waals surface area contributed by atoms with Crippen molar-refractivity contribution in [3.8, 4) is 16.9 Å². The number of hydrogen-bond acceptors (Lipinski definition) is 3. The molecule has 0 saturated carbocycles. The molecule has 4 aromatic carbocycles. The van der Waals surface area contributed by atoms with Crippen molar-refractivity contribution < 1.29 is 52.7 Å². The van der Waals surface area contributed by atoms with Crippen LogP contribution in [0.4, 0.5) is 39.5 Å². The van der Waals surface area contributed by atoms with Gasteiger partial charge >= 0.3 is 18.7 Å². The average Bonchev–Trinajstić information content (AvgIpc) is 2.74. The summed E-state index contributed by atoms with van der Waals surface area (Å²) in [5.74, 6) is -0.968. The van der Waals surface area contributed by atoms with Gasteiger partial charge < -0.3 is 4.74 Å². The third kappa shape index (κ3) is 5.49. The molecule has 0 radical (unpaired) electrons. The van der Waals surface area contributed by atoms with Crippen LogP contribution in [0.5, 0.6) is 5.75 Å². The highest BCUT2D eigenvalue weighted by Crippen LogP contribution is 2.47. The summed E-state index contributed by atoms with van der Waals surface area (Å²) < 4.78 is 148. The van der Waals surface area contributed by atoms with Crippen LogP contribution < -0.4 is 4.74 Å². The van der Waals surface area contributed by atoms with Gasteiger partial charge in [0, 0.05) is 11.1 Å². The van der Waals surface area contributed by atoms with E-state index >= 15 is 0 Å². The van der Waals surface area contributed by atoms with Crippen molar-refractivity contribution >= 4 is 44.6 Å². The zero-order chi connectivity index (χ0) is 27.6. The number of ether oxygens (including phenoxy) is 1. The minimum Gasteiger partial charge on any atom is -0.405 e. The summed E-state index contributed by atoms with van der Waals surface area (Å²) in [6, 6.07) is 7.74. The zero-order valence-electron chi connectivity index (χ0n) is 17.7. The molecule has 4 rings (SSSR count). The maximum Gasteiger partial charge on any atom is 0.573 e.